The van der Waals surface area contributed by atoms with Crippen LogP contribution in [-0.2, 0) is 0 Å². The van der Waals surface area contributed by atoms with Gasteiger partial charge in [0, 0.05) is 18.6 Å². The Labute approximate surface area is 75.3 Å². The van der Waals surface area contributed by atoms with E-state index in [2.05, 4.69) is 24.1 Å². The van der Waals surface area contributed by atoms with Gasteiger partial charge >= 0.3 is 0 Å². The van der Waals surface area contributed by atoms with Crippen molar-refractivity contribution in [3.63, 3.8) is 0 Å². The van der Waals surface area contributed by atoms with Crippen molar-refractivity contribution in [2.75, 3.05) is 19.6 Å². The molecule has 2 aliphatic rings. The summed E-state index contributed by atoms with van der Waals surface area (Å²) in [7, 11) is 0. The van der Waals surface area contributed by atoms with Gasteiger partial charge in [-0.15, -0.1) is 0 Å². The molecule has 0 aromatic carbocycles. The summed E-state index contributed by atoms with van der Waals surface area (Å²) in [6.07, 6.45) is 2.71. The Balaban J connectivity index is 1.99. The van der Waals surface area contributed by atoms with Crippen LogP contribution in [0.1, 0.15) is 26.7 Å². The van der Waals surface area contributed by atoms with Crippen LogP contribution in [0.5, 0.6) is 0 Å². The van der Waals surface area contributed by atoms with Crippen LogP contribution in [0.2, 0.25) is 0 Å². The molecule has 0 aromatic heterocycles. The number of likely N-dealkylation sites (tertiary alicyclic amines) is 1. The molecule has 0 bridgehead atoms. The monoisotopic (exact) mass is 168 g/mol. The van der Waals surface area contributed by atoms with E-state index in [0.29, 0.717) is 0 Å². The number of nitrogens with one attached hydrogen (secondary N) is 1. The first kappa shape index (κ1) is 8.52. The van der Waals surface area contributed by atoms with Crippen LogP contribution in [0.25, 0.3) is 0 Å². The Bertz CT molecular complexity index is 158. The molecule has 0 amide bonds. The molecule has 2 saturated heterocycles. The van der Waals surface area contributed by atoms with Gasteiger partial charge in [0.15, 0.2) is 0 Å². The lowest BCUT2D eigenvalue weighted by molar-refractivity contribution is 0.186. The molecular weight excluding hydrogens is 148 g/mol. The summed E-state index contributed by atoms with van der Waals surface area (Å²) < 4.78 is 0. The third kappa shape index (κ3) is 1.27. The highest BCUT2D eigenvalue weighted by molar-refractivity contribution is 4.95. The fraction of sp³-hybridized carbons (Fsp3) is 1.00. The average molecular weight is 168 g/mol. The van der Waals surface area contributed by atoms with Crippen molar-refractivity contribution in [2.24, 2.45) is 5.92 Å². The maximum absolute atomic E-state index is 3.49. The molecule has 2 heteroatoms. The molecule has 2 aliphatic heterocycles. The molecule has 1 N–H and O–H groups in total. The van der Waals surface area contributed by atoms with Crippen molar-refractivity contribution < 1.29 is 0 Å². The van der Waals surface area contributed by atoms with Crippen molar-refractivity contribution in [1.29, 1.82) is 0 Å². The van der Waals surface area contributed by atoms with E-state index in [1.807, 2.05) is 0 Å². The molecule has 0 aromatic rings. The number of hydrogen-bond donors (Lipinski definition) is 1. The van der Waals surface area contributed by atoms with Gasteiger partial charge in [0.1, 0.15) is 0 Å². The molecule has 70 valence electrons. The van der Waals surface area contributed by atoms with Gasteiger partial charge in [0.25, 0.3) is 0 Å². The van der Waals surface area contributed by atoms with Crippen LogP contribution >= 0.6 is 0 Å². The van der Waals surface area contributed by atoms with Crippen LogP contribution < -0.4 is 5.32 Å². The highest BCUT2D eigenvalue weighted by Crippen LogP contribution is 2.29. The summed E-state index contributed by atoms with van der Waals surface area (Å²) in [4.78, 5) is 2.70. The molecule has 2 nitrogen and oxygen atoms in total. The van der Waals surface area contributed by atoms with E-state index in [4.69, 9.17) is 0 Å². The van der Waals surface area contributed by atoms with E-state index >= 15 is 0 Å². The van der Waals surface area contributed by atoms with Crippen molar-refractivity contribution in [3.8, 4) is 0 Å². The minimum Gasteiger partial charge on any atom is -0.315 e. The molecule has 0 unspecified atom stereocenters. The van der Waals surface area contributed by atoms with E-state index in [-0.39, 0.29) is 0 Å². The predicted octanol–water partition coefficient (Wildman–Crippen LogP) is 1.08. The lowest BCUT2D eigenvalue weighted by Gasteiger charge is -2.28. The second kappa shape index (κ2) is 3.35. The Morgan fingerprint density at radius 2 is 2.33 bits per heavy atom. The van der Waals surface area contributed by atoms with E-state index in [1.165, 1.54) is 32.5 Å². The maximum Gasteiger partial charge on any atom is 0.0264 e. The third-order valence-electron chi connectivity index (χ3n) is 3.65. The van der Waals surface area contributed by atoms with Crippen LogP contribution in [0.15, 0.2) is 0 Å². The zero-order valence-electron chi connectivity index (χ0n) is 8.21. The third-order valence-corrected chi connectivity index (χ3v) is 3.65. The summed E-state index contributed by atoms with van der Waals surface area (Å²) in [5, 5.41) is 3.49. The molecular formula is C10H20N2. The number of hydrogen-bond acceptors (Lipinski definition) is 2. The number of rotatable bonds is 2. The lowest BCUT2D eigenvalue weighted by atomic mass is 10.0. The number of nitrogens with zero attached hydrogens (tertiary/aromatic N) is 1. The fourth-order valence-electron chi connectivity index (χ4n) is 2.66. The molecule has 0 spiro atoms. The largest absolute Gasteiger partial charge is 0.315 e. The van der Waals surface area contributed by atoms with E-state index in [0.717, 1.165) is 18.0 Å². The fourth-order valence-corrected chi connectivity index (χ4v) is 2.66. The normalized spacial score (nSPS) is 38.5. The van der Waals surface area contributed by atoms with Crippen LogP contribution in [0.3, 0.4) is 0 Å². The molecule has 0 aliphatic carbocycles. The van der Waals surface area contributed by atoms with E-state index in [9.17, 15) is 0 Å². The van der Waals surface area contributed by atoms with E-state index < -0.39 is 0 Å². The molecule has 12 heavy (non-hydrogen) atoms. The second-order valence-corrected chi connectivity index (χ2v) is 4.27. The summed E-state index contributed by atoms with van der Waals surface area (Å²) in [6.45, 7) is 8.49. The van der Waals surface area contributed by atoms with Gasteiger partial charge < -0.3 is 5.32 Å². The van der Waals surface area contributed by atoms with Crippen molar-refractivity contribution in [1.82, 2.24) is 10.2 Å². The zero-order valence-corrected chi connectivity index (χ0v) is 8.21. The Morgan fingerprint density at radius 1 is 1.50 bits per heavy atom. The Morgan fingerprint density at radius 3 is 3.08 bits per heavy atom. The first-order chi connectivity index (χ1) is 5.83. The average Bonchev–Trinajstić information content (AvgIpc) is 2.62. The van der Waals surface area contributed by atoms with Crippen LogP contribution in [0.4, 0.5) is 0 Å². The van der Waals surface area contributed by atoms with Crippen molar-refractivity contribution >= 4 is 0 Å². The minimum atomic E-state index is 0.792. The minimum absolute atomic E-state index is 0.792. The van der Waals surface area contributed by atoms with Crippen molar-refractivity contribution in [3.05, 3.63) is 0 Å². The van der Waals surface area contributed by atoms with Gasteiger partial charge in [0.05, 0.1) is 0 Å². The highest BCUT2D eigenvalue weighted by atomic mass is 15.2. The van der Waals surface area contributed by atoms with Crippen LogP contribution in [-0.4, -0.2) is 36.6 Å². The first-order valence-electron chi connectivity index (χ1n) is 5.29. The lowest BCUT2D eigenvalue weighted by Crippen LogP contribution is -2.40. The second-order valence-electron chi connectivity index (χ2n) is 4.27. The molecule has 0 radical (unpaired) electrons. The summed E-state index contributed by atoms with van der Waals surface area (Å²) in [5.74, 6) is 0.957. The predicted molar refractivity (Wildman–Crippen MR) is 51.2 cm³/mol. The smallest absolute Gasteiger partial charge is 0.0264 e. The highest BCUT2D eigenvalue weighted by Gasteiger charge is 2.38. The SMILES string of the molecule is CC[C@H](C)N1CC[C@H]2CNC[C@H]21. The molecule has 3 atom stereocenters. The topological polar surface area (TPSA) is 15.3 Å². The molecule has 0 saturated carbocycles. The molecule has 2 rings (SSSR count). The van der Waals surface area contributed by atoms with Crippen molar-refractivity contribution in [2.45, 2.75) is 38.8 Å². The van der Waals surface area contributed by atoms with E-state index in [1.54, 1.807) is 0 Å². The Kier molecular flexibility index (Phi) is 2.37. The van der Waals surface area contributed by atoms with Gasteiger partial charge in [-0.05, 0) is 38.8 Å². The number of fused-ring (bicyclic) bond motifs is 1. The van der Waals surface area contributed by atoms with Gasteiger partial charge in [-0.3, -0.25) is 4.90 Å². The van der Waals surface area contributed by atoms with Gasteiger partial charge in [-0.2, -0.15) is 0 Å². The standard InChI is InChI=1S/C10H20N2/c1-3-8(2)12-5-4-9-6-11-7-10(9)12/h8-11H,3-7H2,1-2H3/t8-,9-,10+/m0/s1. The summed E-state index contributed by atoms with van der Waals surface area (Å²) in [6, 6.07) is 1.65. The van der Waals surface area contributed by atoms with Gasteiger partial charge in [0.2, 0.25) is 0 Å². The zero-order chi connectivity index (χ0) is 8.55. The Hall–Kier alpha value is -0.0800. The van der Waals surface area contributed by atoms with Gasteiger partial charge in [-0.1, -0.05) is 6.92 Å². The van der Waals surface area contributed by atoms with Gasteiger partial charge in [-0.25, -0.2) is 0 Å². The maximum atomic E-state index is 3.49. The quantitative estimate of drug-likeness (QED) is 0.663. The molecule has 2 fully saturated rings. The summed E-state index contributed by atoms with van der Waals surface area (Å²) >= 11 is 0. The first-order valence-corrected chi connectivity index (χ1v) is 5.29. The van der Waals surface area contributed by atoms with Crippen LogP contribution in [0, 0.1) is 5.92 Å². The summed E-state index contributed by atoms with van der Waals surface area (Å²) in [5.41, 5.74) is 0. The molecule has 2 heterocycles.